The van der Waals surface area contributed by atoms with Gasteiger partial charge in [-0.2, -0.15) is 0 Å². The van der Waals surface area contributed by atoms with Crippen LogP contribution in [0.25, 0.3) is 10.9 Å². The van der Waals surface area contributed by atoms with E-state index in [2.05, 4.69) is 36.1 Å². The lowest BCUT2D eigenvalue weighted by molar-refractivity contribution is -0.123. The molecule has 2 atom stereocenters. The molecule has 0 saturated carbocycles. The van der Waals surface area contributed by atoms with Crippen molar-refractivity contribution in [2.75, 3.05) is 5.32 Å². The predicted molar refractivity (Wildman–Crippen MR) is 122 cm³/mol. The summed E-state index contributed by atoms with van der Waals surface area (Å²) in [5.74, 6) is -0.393. The van der Waals surface area contributed by atoms with Crippen molar-refractivity contribution < 1.29 is 14.3 Å². The molecule has 1 amide bonds. The molecule has 1 N–H and O–H groups in total. The fourth-order valence-corrected chi connectivity index (χ4v) is 4.21. The number of esters is 1. The number of para-hydroxylation sites is 1. The van der Waals surface area contributed by atoms with Crippen molar-refractivity contribution >= 4 is 28.7 Å². The number of carbonyl (C=O) groups excluding carboxylic acids is 2. The molecule has 4 rings (SSSR count). The Morgan fingerprint density at radius 2 is 1.84 bits per heavy atom. The maximum atomic E-state index is 13.4. The summed E-state index contributed by atoms with van der Waals surface area (Å²) in [6.45, 7) is 8.23. The minimum absolute atomic E-state index is 0.118. The molecule has 166 valence electrons. The molecule has 1 aliphatic rings. The number of hydrogen-bond acceptors (Lipinski definition) is 6. The van der Waals surface area contributed by atoms with E-state index in [1.54, 1.807) is 13.0 Å². The van der Waals surface area contributed by atoms with Gasteiger partial charge in [-0.1, -0.05) is 39.0 Å². The Morgan fingerprint density at radius 1 is 1.12 bits per heavy atom. The van der Waals surface area contributed by atoms with Crippen LogP contribution < -0.4 is 5.32 Å². The molecule has 7 nitrogen and oxygen atoms in total. The zero-order valence-corrected chi connectivity index (χ0v) is 18.9. The van der Waals surface area contributed by atoms with Crippen molar-refractivity contribution in [2.24, 2.45) is 11.3 Å². The summed E-state index contributed by atoms with van der Waals surface area (Å²) in [5.41, 5.74) is 3.30. The highest BCUT2D eigenvalue weighted by atomic mass is 16.5. The van der Waals surface area contributed by atoms with E-state index in [4.69, 9.17) is 9.72 Å². The number of ether oxygens (including phenoxy) is 1. The molecule has 0 saturated heterocycles. The normalized spacial score (nSPS) is 16.8. The van der Waals surface area contributed by atoms with Crippen LogP contribution in [0.3, 0.4) is 0 Å². The summed E-state index contributed by atoms with van der Waals surface area (Å²) in [5, 5.41) is 3.33. The molecule has 0 unspecified atom stereocenters. The number of nitrogens with one attached hydrogen (secondary N) is 1. The van der Waals surface area contributed by atoms with Crippen molar-refractivity contribution in [1.29, 1.82) is 0 Å². The second kappa shape index (κ2) is 8.65. The van der Waals surface area contributed by atoms with E-state index in [1.807, 2.05) is 24.3 Å². The minimum Gasteiger partial charge on any atom is -0.449 e. The first kappa shape index (κ1) is 21.9. The lowest BCUT2D eigenvalue weighted by Crippen LogP contribution is -2.32. The van der Waals surface area contributed by atoms with Gasteiger partial charge in [0.15, 0.2) is 6.10 Å². The first-order chi connectivity index (χ1) is 15.2. The molecule has 0 radical (unpaired) electrons. The second-order valence-electron chi connectivity index (χ2n) is 9.34. The van der Waals surface area contributed by atoms with Crippen LogP contribution in [0.15, 0.2) is 42.7 Å². The molecule has 2 aromatic heterocycles. The van der Waals surface area contributed by atoms with Gasteiger partial charge in [0.05, 0.1) is 11.1 Å². The van der Waals surface area contributed by atoms with E-state index in [0.29, 0.717) is 11.5 Å². The quantitative estimate of drug-likeness (QED) is 0.616. The summed E-state index contributed by atoms with van der Waals surface area (Å²) >= 11 is 0. The smallest absolute Gasteiger partial charge is 0.339 e. The third kappa shape index (κ3) is 4.47. The van der Waals surface area contributed by atoms with E-state index in [9.17, 15) is 9.59 Å². The summed E-state index contributed by atoms with van der Waals surface area (Å²) < 4.78 is 5.63. The number of benzene rings is 1. The molecular formula is C25H28N4O3. The van der Waals surface area contributed by atoms with E-state index in [1.165, 1.54) is 12.4 Å². The number of rotatable bonds is 4. The van der Waals surface area contributed by atoms with Crippen LogP contribution >= 0.6 is 0 Å². The van der Waals surface area contributed by atoms with Gasteiger partial charge >= 0.3 is 5.97 Å². The first-order valence-corrected chi connectivity index (χ1v) is 10.9. The SMILES string of the molecule is C[C@H](OC(=O)c1c2c(nc3ccccc13)CC[C@H](C(C)(C)C)C2)C(=O)Nc1ncccn1. The third-order valence-corrected chi connectivity index (χ3v) is 6.14. The van der Waals surface area contributed by atoms with Gasteiger partial charge in [-0.15, -0.1) is 0 Å². The predicted octanol–water partition coefficient (Wildman–Crippen LogP) is 4.36. The number of aromatic nitrogens is 3. The van der Waals surface area contributed by atoms with Crippen molar-refractivity contribution in [1.82, 2.24) is 15.0 Å². The van der Waals surface area contributed by atoms with Gasteiger partial charge in [0.1, 0.15) is 0 Å². The van der Waals surface area contributed by atoms with Gasteiger partial charge in [-0.25, -0.2) is 14.8 Å². The number of pyridine rings is 1. The molecule has 1 aliphatic carbocycles. The highest BCUT2D eigenvalue weighted by molar-refractivity contribution is 6.06. The zero-order valence-electron chi connectivity index (χ0n) is 18.9. The highest BCUT2D eigenvalue weighted by Crippen LogP contribution is 2.39. The zero-order chi connectivity index (χ0) is 22.9. The number of carbonyl (C=O) groups is 2. The van der Waals surface area contributed by atoms with Crippen LogP contribution in [0, 0.1) is 11.3 Å². The number of hydrogen-bond donors (Lipinski definition) is 1. The lowest BCUT2D eigenvalue weighted by Gasteiger charge is -2.35. The molecule has 0 spiro atoms. The van der Waals surface area contributed by atoms with E-state index >= 15 is 0 Å². The monoisotopic (exact) mass is 432 g/mol. The number of anilines is 1. The van der Waals surface area contributed by atoms with Crippen molar-refractivity contribution in [3.63, 3.8) is 0 Å². The van der Waals surface area contributed by atoms with Gasteiger partial charge in [-0.05, 0) is 55.2 Å². The number of aryl methyl sites for hydroxylation is 1. The molecule has 3 aromatic rings. The summed E-state index contributed by atoms with van der Waals surface area (Å²) in [6, 6.07) is 9.25. The average molecular weight is 433 g/mol. The third-order valence-electron chi connectivity index (χ3n) is 6.14. The maximum absolute atomic E-state index is 13.4. The molecule has 7 heteroatoms. The first-order valence-electron chi connectivity index (χ1n) is 10.9. The maximum Gasteiger partial charge on any atom is 0.339 e. The van der Waals surface area contributed by atoms with Gasteiger partial charge in [-0.3, -0.25) is 15.1 Å². The van der Waals surface area contributed by atoms with E-state index < -0.39 is 18.0 Å². The van der Waals surface area contributed by atoms with Gasteiger partial charge < -0.3 is 4.74 Å². The molecular weight excluding hydrogens is 404 g/mol. The number of nitrogens with zero attached hydrogens (tertiary/aromatic N) is 3. The van der Waals surface area contributed by atoms with Crippen molar-refractivity contribution in [3.05, 3.63) is 59.5 Å². The average Bonchev–Trinajstić information content (AvgIpc) is 2.76. The van der Waals surface area contributed by atoms with Crippen LogP contribution in [0.4, 0.5) is 5.95 Å². The molecule has 1 aromatic carbocycles. The molecule has 32 heavy (non-hydrogen) atoms. The van der Waals surface area contributed by atoms with Crippen molar-refractivity contribution in [3.8, 4) is 0 Å². The fourth-order valence-electron chi connectivity index (χ4n) is 4.21. The minimum atomic E-state index is -1.00. The summed E-state index contributed by atoms with van der Waals surface area (Å²) in [4.78, 5) is 38.7. The highest BCUT2D eigenvalue weighted by Gasteiger charge is 2.33. The van der Waals surface area contributed by atoms with E-state index in [0.717, 1.165) is 41.4 Å². The van der Waals surface area contributed by atoms with Crippen molar-refractivity contribution in [2.45, 2.75) is 53.1 Å². The standard InChI is InChI=1S/C25H28N4O3/c1-15(22(30)29-24-26-12-7-13-27-24)32-23(31)21-17-8-5-6-9-19(17)28-20-11-10-16(14-18(20)21)25(2,3)4/h5-9,12-13,15-16H,10-11,14H2,1-4H3,(H,26,27,29,30)/t15-,16-/m0/s1. The van der Waals surface area contributed by atoms with Crippen LogP contribution in [-0.2, 0) is 22.4 Å². The van der Waals surface area contributed by atoms with Gasteiger partial charge in [0.2, 0.25) is 5.95 Å². The van der Waals surface area contributed by atoms with Crippen LogP contribution in [0.2, 0.25) is 0 Å². The Labute approximate surface area is 187 Å². The Balaban J connectivity index is 1.65. The number of amides is 1. The Hall–Kier alpha value is -3.35. The number of fused-ring (bicyclic) bond motifs is 2. The fraction of sp³-hybridized carbons (Fsp3) is 0.400. The Bertz CT molecular complexity index is 1160. The topological polar surface area (TPSA) is 94.1 Å². The van der Waals surface area contributed by atoms with Gasteiger partial charge in [0, 0.05) is 23.5 Å². The van der Waals surface area contributed by atoms with Crippen LogP contribution in [-0.4, -0.2) is 32.9 Å². The summed E-state index contributed by atoms with van der Waals surface area (Å²) in [7, 11) is 0. The van der Waals surface area contributed by atoms with E-state index in [-0.39, 0.29) is 11.4 Å². The van der Waals surface area contributed by atoms with Crippen LogP contribution in [0.1, 0.15) is 55.7 Å². The Morgan fingerprint density at radius 3 is 2.56 bits per heavy atom. The lowest BCUT2D eigenvalue weighted by atomic mass is 9.70. The molecule has 0 bridgehead atoms. The summed E-state index contributed by atoms with van der Waals surface area (Å²) in [6.07, 6.45) is 4.67. The Kier molecular flexibility index (Phi) is 5.91. The van der Waals surface area contributed by atoms with Gasteiger partial charge in [0.25, 0.3) is 5.91 Å². The molecule has 2 heterocycles. The molecule has 0 aliphatic heterocycles. The van der Waals surface area contributed by atoms with Crippen LogP contribution in [0.5, 0.6) is 0 Å². The largest absolute Gasteiger partial charge is 0.449 e. The molecule has 0 fully saturated rings. The second-order valence-corrected chi connectivity index (χ2v) is 9.34.